The Morgan fingerprint density at radius 1 is 0.556 bits per heavy atom. The van der Waals surface area contributed by atoms with E-state index in [2.05, 4.69) is 33.5 Å². The zero-order valence-corrected chi connectivity index (χ0v) is 29.1. The van der Waals surface area contributed by atoms with Crippen LogP contribution in [0.5, 0.6) is 0 Å². The van der Waals surface area contributed by atoms with Crippen molar-refractivity contribution in [2.24, 2.45) is 23.5 Å². The largest absolute Gasteiger partial charge is 0.368 e. The maximum absolute atomic E-state index is 13.3. The summed E-state index contributed by atoms with van der Waals surface area (Å²) < 4.78 is 0. The highest BCUT2D eigenvalue weighted by Crippen LogP contribution is 2.11. The fraction of sp³-hybridized carbons (Fsp3) is 0.818. The van der Waals surface area contributed by atoms with Gasteiger partial charge in [-0.25, -0.2) is 0 Å². The van der Waals surface area contributed by atoms with Crippen LogP contribution in [0.4, 0.5) is 0 Å². The maximum atomic E-state index is 13.3. The van der Waals surface area contributed by atoms with E-state index in [1.54, 1.807) is 41.5 Å². The van der Waals surface area contributed by atoms with Crippen molar-refractivity contribution in [2.75, 3.05) is 6.54 Å². The quantitative estimate of drug-likeness (QED) is 0.0882. The summed E-state index contributed by atoms with van der Waals surface area (Å²) in [5, 5.41) is 13.3. The highest BCUT2D eigenvalue weighted by Gasteiger charge is 2.34. The molecule has 0 aromatic heterocycles. The molecule has 0 radical (unpaired) electrons. The molecule has 0 bridgehead atoms. The van der Waals surface area contributed by atoms with E-state index in [1.807, 2.05) is 0 Å². The van der Waals surface area contributed by atoms with Gasteiger partial charge in [0.15, 0.2) is 0 Å². The molecular weight excluding hydrogens is 576 g/mol. The fourth-order valence-corrected chi connectivity index (χ4v) is 4.89. The van der Waals surface area contributed by atoms with Crippen molar-refractivity contribution in [3.05, 3.63) is 0 Å². The molecule has 7 N–H and O–H groups in total. The predicted octanol–water partition coefficient (Wildman–Crippen LogP) is 2.83. The summed E-state index contributed by atoms with van der Waals surface area (Å²) in [7, 11) is 0. The highest BCUT2D eigenvalue weighted by atomic mass is 16.2. The summed E-state index contributed by atoms with van der Waals surface area (Å²) in [5.41, 5.74) is 5.50. The highest BCUT2D eigenvalue weighted by molar-refractivity contribution is 5.96. The van der Waals surface area contributed by atoms with Gasteiger partial charge in [0.1, 0.15) is 24.2 Å². The number of nitrogens with one attached hydrogen (secondary N) is 5. The summed E-state index contributed by atoms with van der Waals surface area (Å²) in [6.07, 6.45) is 11.5. The lowest BCUT2D eigenvalue weighted by Crippen LogP contribution is -2.61. The van der Waals surface area contributed by atoms with Crippen LogP contribution in [-0.4, -0.2) is 66.2 Å². The monoisotopic (exact) mass is 638 g/mol. The van der Waals surface area contributed by atoms with Gasteiger partial charge in [-0.2, -0.15) is 0 Å². The van der Waals surface area contributed by atoms with Gasteiger partial charge in [0.25, 0.3) is 0 Å². The van der Waals surface area contributed by atoms with Crippen molar-refractivity contribution in [1.29, 1.82) is 0 Å². The second-order valence-electron chi connectivity index (χ2n) is 13.1. The van der Waals surface area contributed by atoms with Crippen molar-refractivity contribution in [2.45, 2.75) is 150 Å². The van der Waals surface area contributed by atoms with Gasteiger partial charge in [-0.05, 0) is 24.2 Å². The van der Waals surface area contributed by atoms with E-state index < -0.39 is 53.7 Å². The molecule has 0 heterocycles. The molecule has 0 spiro atoms. The third-order valence-corrected chi connectivity index (χ3v) is 7.70. The summed E-state index contributed by atoms with van der Waals surface area (Å²) in [6, 6.07) is -4.16. The normalized spacial score (nSPS) is 13.9. The van der Waals surface area contributed by atoms with Crippen LogP contribution in [0, 0.1) is 17.8 Å². The van der Waals surface area contributed by atoms with Crippen molar-refractivity contribution in [3.8, 4) is 0 Å². The van der Waals surface area contributed by atoms with Crippen molar-refractivity contribution >= 4 is 35.4 Å². The summed E-state index contributed by atoms with van der Waals surface area (Å²) >= 11 is 0. The molecule has 0 aliphatic heterocycles. The zero-order valence-electron chi connectivity index (χ0n) is 29.1. The standard InChI is InChI=1S/C33H62N6O6/c1-9-10-11-12-13-14-15-16-17-18-19-35-26(41)20-25(30(34)42)37-31(43)28(22(4)5)38-33(45)29(23(6)7)39-32(44)27(21(2)3)36-24(8)40/h21-23,25,27-29H,9-20H2,1-8H3,(H2,34,42)(H,35,41)(H,36,40)(H,37,43)(H,38,45)(H,39,44)/t25-,27-,28-,29+/m0/s1. The van der Waals surface area contributed by atoms with Crippen LogP contribution >= 0.6 is 0 Å². The first-order valence-electron chi connectivity index (χ1n) is 16.9. The maximum Gasteiger partial charge on any atom is 0.243 e. The summed E-state index contributed by atoms with van der Waals surface area (Å²) in [6.45, 7) is 14.5. The SMILES string of the molecule is CCCCCCCCCCCCNC(=O)C[C@H](NC(=O)[C@@H](NC(=O)[C@H](NC(=O)[C@@H](NC(C)=O)C(C)C)C(C)C)C(C)C)C(N)=O. The number of amides is 6. The molecule has 12 nitrogen and oxygen atoms in total. The number of unbranched alkanes of at least 4 members (excludes halogenated alkanes) is 9. The number of carbonyl (C=O) groups excluding carboxylic acids is 6. The second-order valence-corrected chi connectivity index (χ2v) is 13.1. The molecule has 12 heteroatoms. The van der Waals surface area contributed by atoms with Gasteiger partial charge in [-0.15, -0.1) is 0 Å². The molecule has 0 aliphatic rings. The van der Waals surface area contributed by atoms with E-state index in [0.717, 1.165) is 19.3 Å². The van der Waals surface area contributed by atoms with Gasteiger partial charge in [0, 0.05) is 13.5 Å². The molecule has 0 fully saturated rings. The fourth-order valence-electron chi connectivity index (χ4n) is 4.89. The van der Waals surface area contributed by atoms with E-state index >= 15 is 0 Å². The molecule has 260 valence electrons. The zero-order chi connectivity index (χ0) is 34.5. The topological polar surface area (TPSA) is 189 Å². The van der Waals surface area contributed by atoms with Gasteiger partial charge in [0.05, 0.1) is 6.42 Å². The predicted molar refractivity (Wildman–Crippen MR) is 177 cm³/mol. The van der Waals surface area contributed by atoms with Gasteiger partial charge >= 0.3 is 0 Å². The Morgan fingerprint density at radius 2 is 0.933 bits per heavy atom. The van der Waals surface area contributed by atoms with Gasteiger partial charge in [-0.3, -0.25) is 28.8 Å². The van der Waals surface area contributed by atoms with Crippen LogP contribution in [0.15, 0.2) is 0 Å². The van der Waals surface area contributed by atoms with Gasteiger partial charge < -0.3 is 32.3 Å². The average molecular weight is 639 g/mol. The van der Waals surface area contributed by atoms with E-state index in [-0.39, 0.29) is 30.1 Å². The van der Waals surface area contributed by atoms with Crippen molar-refractivity contribution < 1.29 is 28.8 Å². The second kappa shape index (κ2) is 23.2. The lowest BCUT2D eigenvalue weighted by atomic mass is 9.97. The number of primary amides is 1. The first kappa shape index (κ1) is 41.8. The van der Waals surface area contributed by atoms with Gasteiger partial charge in [-0.1, -0.05) is 106 Å². The van der Waals surface area contributed by atoms with Crippen molar-refractivity contribution in [3.63, 3.8) is 0 Å². The average Bonchev–Trinajstić information content (AvgIpc) is 2.94. The molecule has 0 rings (SSSR count). The Bertz CT molecular complexity index is 939. The van der Waals surface area contributed by atoms with E-state index in [9.17, 15) is 28.8 Å². The van der Waals surface area contributed by atoms with Crippen LogP contribution in [0.25, 0.3) is 0 Å². The molecule has 0 unspecified atom stereocenters. The molecule has 4 atom stereocenters. The Labute approximate surface area is 270 Å². The molecule has 6 amide bonds. The molecule has 45 heavy (non-hydrogen) atoms. The Kier molecular flexibility index (Phi) is 21.6. The number of nitrogens with two attached hydrogens (primary N) is 1. The molecule has 0 saturated carbocycles. The Hall–Kier alpha value is -3.18. The van der Waals surface area contributed by atoms with E-state index in [1.165, 1.54) is 51.9 Å². The number of hydrogen-bond donors (Lipinski definition) is 6. The number of rotatable bonds is 24. The minimum atomic E-state index is -1.26. The van der Waals surface area contributed by atoms with E-state index in [0.29, 0.717) is 6.54 Å². The first-order valence-corrected chi connectivity index (χ1v) is 16.9. The molecule has 0 saturated heterocycles. The Morgan fingerprint density at radius 3 is 1.31 bits per heavy atom. The molecule has 0 aromatic carbocycles. The smallest absolute Gasteiger partial charge is 0.243 e. The summed E-state index contributed by atoms with van der Waals surface area (Å²) in [5.74, 6) is -4.37. The number of carbonyl (C=O) groups is 6. The minimum absolute atomic E-state index is 0.225. The first-order chi connectivity index (χ1) is 21.1. The Balaban J connectivity index is 5.02. The van der Waals surface area contributed by atoms with Crippen molar-refractivity contribution in [1.82, 2.24) is 26.6 Å². The minimum Gasteiger partial charge on any atom is -0.368 e. The summed E-state index contributed by atoms with van der Waals surface area (Å²) in [4.78, 5) is 75.6. The molecule has 0 aromatic rings. The van der Waals surface area contributed by atoms with Crippen LogP contribution < -0.4 is 32.3 Å². The third-order valence-electron chi connectivity index (χ3n) is 7.70. The molecule has 0 aliphatic carbocycles. The lowest BCUT2D eigenvalue weighted by Gasteiger charge is -2.29. The lowest BCUT2D eigenvalue weighted by molar-refractivity contribution is -0.136. The van der Waals surface area contributed by atoms with E-state index in [4.69, 9.17) is 5.73 Å². The van der Waals surface area contributed by atoms with Crippen LogP contribution in [0.2, 0.25) is 0 Å². The number of hydrogen-bond acceptors (Lipinski definition) is 6. The third kappa shape index (κ3) is 18.4. The van der Waals surface area contributed by atoms with Gasteiger partial charge in [0.2, 0.25) is 35.4 Å². The van der Waals surface area contributed by atoms with Crippen LogP contribution in [-0.2, 0) is 28.8 Å². The van der Waals surface area contributed by atoms with Crippen LogP contribution in [0.1, 0.15) is 126 Å². The van der Waals surface area contributed by atoms with Crippen LogP contribution in [0.3, 0.4) is 0 Å². The molecular formula is C33H62N6O6.